The lowest BCUT2D eigenvalue weighted by molar-refractivity contribution is 0.784. The quantitative estimate of drug-likeness (QED) is 0.862. The summed E-state index contributed by atoms with van der Waals surface area (Å²) in [7, 11) is 0. The Kier molecular flexibility index (Phi) is 2.65. The van der Waals surface area contributed by atoms with E-state index in [2.05, 4.69) is 21.2 Å². The van der Waals surface area contributed by atoms with Gasteiger partial charge in [0, 0.05) is 24.5 Å². The lowest BCUT2D eigenvalue weighted by Gasteiger charge is -2.24. The van der Waals surface area contributed by atoms with Gasteiger partial charge in [0.1, 0.15) is 0 Å². The smallest absolute Gasteiger partial charge is 0.0950 e. The van der Waals surface area contributed by atoms with Crippen LogP contribution in [0.15, 0.2) is 30.5 Å². The number of hydrogen-bond acceptors (Lipinski definition) is 4. The first-order chi connectivity index (χ1) is 8.40. The molecule has 88 valence electrons. The SMILES string of the molecule is NCCN(c1cnnc2ccccc12)C1CC1. The molecule has 4 heteroatoms. The fraction of sp³-hybridized carbons (Fsp3) is 0.385. The first kappa shape index (κ1) is 10.5. The highest BCUT2D eigenvalue weighted by atomic mass is 15.2. The second kappa shape index (κ2) is 4.30. The van der Waals surface area contributed by atoms with Crippen LogP contribution in [0.25, 0.3) is 10.9 Å². The van der Waals surface area contributed by atoms with E-state index in [1.807, 2.05) is 24.4 Å². The van der Waals surface area contributed by atoms with Gasteiger partial charge < -0.3 is 10.6 Å². The second-order valence-electron chi connectivity index (χ2n) is 4.46. The molecule has 0 aliphatic heterocycles. The van der Waals surface area contributed by atoms with Gasteiger partial charge in [0.05, 0.1) is 17.4 Å². The molecule has 1 aromatic heterocycles. The van der Waals surface area contributed by atoms with Crippen LogP contribution in [0.3, 0.4) is 0 Å². The van der Waals surface area contributed by atoms with E-state index < -0.39 is 0 Å². The van der Waals surface area contributed by atoms with E-state index in [-0.39, 0.29) is 0 Å². The van der Waals surface area contributed by atoms with Gasteiger partial charge in [0.15, 0.2) is 0 Å². The van der Waals surface area contributed by atoms with E-state index in [1.165, 1.54) is 23.9 Å². The fourth-order valence-corrected chi connectivity index (χ4v) is 2.25. The van der Waals surface area contributed by atoms with Crippen molar-refractivity contribution >= 4 is 16.6 Å². The third-order valence-corrected chi connectivity index (χ3v) is 3.19. The van der Waals surface area contributed by atoms with Crippen LogP contribution in [0.5, 0.6) is 0 Å². The highest BCUT2D eigenvalue weighted by molar-refractivity contribution is 5.91. The molecule has 1 heterocycles. The Morgan fingerprint density at radius 3 is 2.88 bits per heavy atom. The first-order valence-electron chi connectivity index (χ1n) is 6.07. The molecule has 0 atom stereocenters. The van der Waals surface area contributed by atoms with Gasteiger partial charge in [-0.05, 0) is 18.9 Å². The van der Waals surface area contributed by atoms with Gasteiger partial charge in [-0.3, -0.25) is 0 Å². The van der Waals surface area contributed by atoms with Gasteiger partial charge >= 0.3 is 0 Å². The molecular weight excluding hydrogens is 212 g/mol. The van der Waals surface area contributed by atoms with Crippen molar-refractivity contribution in [1.82, 2.24) is 10.2 Å². The maximum Gasteiger partial charge on any atom is 0.0950 e. The zero-order chi connectivity index (χ0) is 11.7. The van der Waals surface area contributed by atoms with Gasteiger partial charge in [-0.2, -0.15) is 10.2 Å². The van der Waals surface area contributed by atoms with Crippen LogP contribution in [0.2, 0.25) is 0 Å². The number of rotatable bonds is 4. The molecule has 17 heavy (non-hydrogen) atoms. The number of aromatic nitrogens is 2. The molecule has 0 spiro atoms. The molecule has 0 amide bonds. The van der Waals surface area contributed by atoms with Crippen LogP contribution in [0.4, 0.5) is 5.69 Å². The van der Waals surface area contributed by atoms with Crippen molar-refractivity contribution in [2.75, 3.05) is 18.0 Å². The molecule has 0 unspecified atom stereocenters. The van der Waals surface area contributed by atoms with Gasteiger partial charge in [-0.15, -0.1) is 0 Å². The maximum atomic E-state index is 5.70. The number of fused-ring (bicyclic) bond motifs is 1. The van der Waals surface area contributed by atoms with E-state index in [1.54, 1.807) is 0 Å². The van der Waals surface area contributed by atoms with Crippen molar-refractivity contribution in [3.05, 3.63) is 30.5 Å². The average molecular weight is 228 g/mol. The molecule has 1 saturated carbocycles. The normalized spacial score (nSPS) is 15.1. The van der Waals surface area contributed by atoms with Gasteiger partial charge in [0.2, 0.25) is 0 Å². The number of hydrogen-bond donors (Lipinski definition) is 1. The van der Waals surface area contributed by atoms with Crippen LogP contribution in [0.1, 0.15) is 12.8 Å². The number of nitrogens with zero attached hydrogens (tertiary/aromatic N) is 3. The summed E-state index contributed by atoms with van der Waals surface area (Å²) in [4.78, 5) is 2.37. The number of benzene rings is 1. The third-order valence-electron chi connectivity index (χ3n) is 3.19. The van der Waals surface area contributed by atoms with Crippen molar-refractivity contribution in [2.24, 2.45) is 5.73 Å². The van der Waals surface area contributed by atoms with E-state index >= 15 is 0 Å². The van der Waals surface area contributed by atoms with Crippen LogP contribution < -0.4 is 10.6 Å². The Balaban J connectivity index is 2.08. The summed E-state index contributed by atoms with van der Waals surface area (Å²) >= 11 is 0. The van der Waals surface area contributed by atoms with Crippen molar-refractivity contribution in [3.8, 4) is 0 Å². The highest BCUT2D eigenvalue weighted by Crippen LogP contribution is 2.34. The van der Waals surface area contributed by atoms with Crippen LogP contribution >= 0.6 is 0 Å². The summed E-state index contributed by atoms with van der Waals surface area (Å²) in [6.45, 7) is 1.56. The minimum absolute atomic E-state index is 0.645. The van der Waals surface area contributed by atoms with Crippen LogP contribution in [-0.2, 0) is 0 Å². The lowest BCUT2D eigenvalue weighted by atomic mass is 10.2. The van der Waals surface area contributed by atoms with E-state index in [4.69, 9.17) is 5.73 Å². The summed E-state index contributed by atoms with van der Waals surface area (Å²) in [6, 6.07) is 8.78. The zero-order valence-corrected chi connectivity index (χ0v) is 9.71. The molecule has 1 aliphatic carbocycles. The minimum Gasteiger partial charge on any atom is -0.365 e. The van der Waals surface area contributed by atoms with Gasteiger partial charge in [-0.25, -0.2) is 0 Å². The number of nitrogens with two attached hydrogens (primary N) is 1. The van der Waals surface area contributed by atoms with E-state index in [9.17, 15) is 0 Å². The molecular formula is C13H16N4. The van der Waals surface area contributed by atoms with Crippen molar-refractivity contribution in [3.63, 3.8) is 0 Å². The number of anilines is 1. The summed E-state index contributed by atoms with van der Waals surface area (Å²) in [5.74, 6) is 0. The van der Waals surface area contributed by atoms with Crippen molar-refractivity contribution in [1.29, 1.82) is 0 Å². The van der Waals surface area contributed by atoms with Crippen molar-refractivity contribution in [2.45, 2.75) is 18.9 Å². The zero-order valence-electron chi connectivity index (χ0n) is 9.71. The van der Waals surface area contributed by atoms with Crippen LogP contribution in [-0.4, -0.2) is 29.3 Å². The Hall–Kier alpha value is -1.68. The molecule has 0 saturated heterocycles. The molecule has 1 aliphatic rings. The van der Waals surface area contributed by atoms with Crippen molar-refractivity contribution < 1.29 is 0 Å². The average Bonchev–Trinajstić information content (AvgIpc) is 3.20. The minimum atomic E-state index is 0.645. The predicted octanol–water partition coefficient (Wildman–Crippen LogP) is 1.56. The lowest BCUT2D eigenvalue weighted by Crippen LogP contribution is -2.31. The topological polar surface area (TPSA) is 55.0 Å². The molecule has 1 aromatic carbocycles. The molecule has 4 nitrogen and oxygen atoms in total. The summed E-state index contributed by atoms with van der Waals surface area (Å²) in [5.41, 5.74) is 7.82. The standard InChI is InChI=1S/C13H16N4/c14-7-8-17(10-5-6-10)13-9-15-16-12-4-2-1-3-11(12)13/h1-4,9-10H,5-8,14H2. The van der Waals surface area contributed by atoms with Crippen LogP contribution in [0, 0.1) is 0 Å². The molecule has 3 rings (SSSR count). The molecule has 1 fully saturated rings. The Bertz CT molecular complexity index is 516. The Labute approximate surface area is 100 Å². The predicted molar refractivity (Wildman–Crippen MR) is 69.0 cm³/mol. The van der Waals surface area contributed by atoms with Gasteiger partial charge in [-0.1, -0.05) is 18.2 Å². The highest BCUT2D eigenvalue weighted by Gasteiger charge is 2.29. The maximum absolute atomic E-state index is 5.70. The molecule has 2 N–H and O–H groups in total. The second-order valence-corrected chi connectivity index (χ2v) is 4.46. The fourth-order valence-electron chi connectivity index (χ4n) is 2.25. The van der Waals surface area contributed by atoms with E-state index in [0.717, 1.165) is 12.1 Å². The Morgan fingerprint density at radius 1 is 1.29 bits per heavy atom. The third kappa shape index (κ3) is 1.96. The van der Waals surface area contributed by atoms with E-state index in [0.29, 0.717) is 12.6 Å². The molecule has 2 aromatic rings. The molecule has 0 bridgehead atoms. The molecule has 0 radical (unpaired) electrons. The summed E-state index contributed by atoms with van der Waals surface area (Å²) in [6.07, 6.45) is 4.38. The monoisotopic (exact) mass is 228 g/mol. The summed E-state index contributed by atoms with van der Waals surface area (Å²) in [5, 5.41) is 9.42. The Morgan fingerprint density at radius 2 is 2.12 bits per heavy atom. The summed E-state index contributed by atoms with van der Waals surface area (Å²) < 4.78 is 0. The van der Waals surface area contributed by atoms with Gasteiger partial charge in [0.25, 0.3) is 0 Å². The largest absolute Gasteiger partial charge is 0.365 e. The first-order valence-corrected chi connectivity index (χ1v) is 6.07.